The van der Waals surface area contributed by atoms with E-state index in [0.29, 0.717) is 5.69 Å². The largest absolute Gasteiger partial charge is 0.356 e. The summed E-state index contributed by atoms with van der Waals surface area (Å²) < 4.78 is 0. The molecule has 1 fully saturated rings. The monoisotopic (exact) mass is 348 g/mol. The third kappa shape index (κ3) is 3.62. The Labute approximate surface area is 154 Å². The molecule has 0 spiro atoms. The number of amides is 1. The molecule has 0 atom stereocenters. The number of hydrogen-bond acceptors (Lipinski definition) is 4. The van der Waals surface area contributed by atoms with Gasteiger partial charge in [0.1, 0.15) is 17.8 Å². The molecule has 0 aliphatic heterocycles. The van der Waals surface area contributed by atoms with Crippen LogP contribution in [0.1, 0.15) is 47.8 Å². The lowest BCUT2D eigenvalue weighted by Gasteiger charge is -2.23. The van der Waals surface area contributed by atoms with Crippen LogP contribution in [0.3, 0.4) is 0 Å². The molecule has 4 rings (SSSR count). The van der Waals surface area contributed by atoms with Gasteiger partial charge in [0.2, 0.25) is 0 Å². The number of hydrogen-bond donors (Lipinski definition) is 1. The van der Waals surface area contributed by atoms with Crippen LogP contribution in [-0.4, -0.2) is 29.0 Å². The van der Waals surface area contributed by atoms with E-state index < -0.39 is 0 Å². The lowest BCUT2D eigenvalue weighted by Crippen LogP contribution is -2.28. The van der Waals surface area contributed by atoms with Gasteiger partial charge in [-0.05, 0) is 43.2 Å². The molecule has 5 nitrogen and oxygen atoms in total. The number of benzene rings is 1. The average Bonchev–Trinajstić information content (AvgIpc) is 3.34. The van der Waals surface area contributed by atoms with Gasteiger partial charge in [-0.25, -0.2) is 9.97 Å². The van der Waals surface area contributed by atoms with Gasteiger partial charge in [-0.15, -0.1) is 0 Å². The summed E-state index contributed by atoms with van der Waals surface area (Å²) in [6.07, 6.45) is 10.2. The molecule has 134 valence electrons. The van der Waals surface area contributed by atoms with Crippen molar-refractivity contribution >= 4 is 23.5 Å². The summed E-state index contributed by atoms with van der Waals surface area (Å²) in [6.45, 7) is 4.13. The topological polar surface area (TPSA) is 58.1 Å². The summed E-state index contributed by atoms with van der Waals surface area (Å²) in [7, 11) is 0. The van der Waals surface area contributed by atoms with Gasteiger partial charge >= 0.3 is 0 Å². The van der Waals surface area contributed by atoms with E-state index in [1.165, 1.54) is 24.7 Å². The molecule has 1 saturated carbocycles. The Morgan fingerprint density at radius 2 is 2.19 bits per heavy atom. The molecule has 1 aromatic carbocycles. The maximum atomic E-state index is 12.7. The van der Waals surface area contributed by atoms with Crippen LogP contribution in [0.4, 0.5) is 11.5 Å². The van der Waals surface area contributed by atoms with Crippen molar-refractivity contribution in [3.05, 3.63) is 53.5 Å². The molecule has 1 N–H and O–H groups in total. The molecular weight excluding hydrogens is 324 g/mol. The summed E-state index contributed by atoms with van der Waals surface area (Å²) in [6, 6.07) is 7.82. The number of anilines is 2. The first-order valence-electron chi connectivity index (χ1n) is 9.41. The van der Waals surface area contributed by atoms with E-state index in [9.17, 15) is 4.79 Å². The summed E-state index contributed by atoms with van der Waals surface area (Å²) in [5, 5.41) is 3.01. The number of aromatic nitrogens is 2. The second-order valence-electron chi connectivity index (χ2n) is 7.09. The maximum Gasteiger partial charge on any atom is 0.274 e. The lowest BCUT2D eigenvalue weighted by molar-refractivity contribution is 0.102. The minimum atomic E-state index is -0.190. The van der Waals surface area contributed by atoms with Crippen LogP contribution in [0.2, 0.25) is 0 Å². The third-order valence-corrected chi connectivity index (χ3v) is 4.95. The zero-order valence-corrected chi connectivity index (χ0v) is 15.1. The summed E-state index contributed by atoms with van der Waals surface area (Å²) >= 11 is 0. The number of allylic oxidation sites excluding steroid dienone is 1. The van der Waals surface area contributed by atoms with Crippen LogP contribution < -0.4 is 10.2 Å². The highest BCUT2D eigenvalue weighted by atomic mass is 16.1. The van der Waals surface area contributed by atoms with Crippen molar-refractivity contribution < 1.29 is 4.79 Å². The first-order chi connectivity index (χ1) is 12.7. The number of nitrogens with zero attached hydrogens (tertiary/aromatic N) is 3. The van der Waals surface area contributed by atoms with Crippen LogP contribution >= 0.6 is 0 Å². The predicted molar refractivity (Wildman–Crippen MR) is 104 cm³/mol. The van der Waals surface area contributed by atoms with Gasteiger partial charge < -0.3 is 10.2 Å². The Kier molecular flexibility index (Phi) is 4.69. The first-order valence-corrected chi connectivity index (χ1v) is 9.41. The summed E-state index contributed by atoms with van der Waals surface area (Å²) in [5.74, 6) is 1.43. The van der Waals surface area contributed by atoms with E-state index in [1.54, 1.807) is 0 Å². The average molecular weight is 348 g/mol. The van der Waals surface area contributed by atoms with E-state index >= 15 is 0 Å². The zero-order valence-electron chi connectivity index (χ0n) is 15.1. The molecule has 1 amide bonds. The van der Waals surface area contributed by atoms with Crippen LogP contribution in [0.25, 0.3) is 6.08 Å². The van der Waals surface area contributed by atoms with Crippen molar-refractivity contribution in [2.24, 2.45) is 5.92 Å². The fourth-order valence-electron chi connectivity index (χ4n) is 3.41. The predicted octanol–water partition coefficient (Wildman–Crippen LogP) is 3.92. The van der Waals surface area contributed by atoms with Crippen LogP contribution in [-0.2, 0) is 6.42 Å². The molecule has 0 unspecified atom stereocenters. The molecule has 0 radical (unpaired) electrons. The molecule has 0 saturated heterocycles. The Morgan fingerprint density at radius 1 is 1.31 bits per heavy atom. The van der Waals surface area contributed by atoms with Crippen LogP contribution in [0.15, 0.2) is 36.7 Å². The number of rotatable bonds is 7. The third-order valence-electron chi connectivity index (χ3n) is 4.95. The summed E-state index contributed by atoms with van der Waals surface area (Å²) in [4.78, 5) is 23.6. The number of carbonyl (C=O) groups excluding carboxylic acids is 1. The lowest BCUT2D eigenvalue weighted by atomic mass is 10.1. The first kappa shape index (κ1) is 16.8. The van der Waals surface area contributed by atoms with Gasteiger partial charge in [0.15, 0.2) is 0 Å². The second kappa shape index (κ2) is 7.28. The van der Waals surface area contributed by atoms with Crippen molar-refractivity contribution in [3.63, 3.8) is 0 Å². The molecule has 2 aliphatic carbocycles. The molecule has 5 heteroatoms. The number of fused-ring (bicyclic) bond motifs is 1. The quantitative estimate of drug-likeness (QED) is 0.824. The van der Waals surface area contributed by atoms with Gasteiger partial charge in [0, 0.05) is 30.4 Å². The zero-order chi connectivity index (χ0) is 17.9. The minimum absolute atomic E-state index is 0.190. The molecule has 2 aromatic rings. The van der Waals surface area contributed by atoms with Gasteiger partial charge in [-0.3, -0.25) is 4.79 Å². The highest BCUT2D eigenvalue weighted by molar-refractivity contribution is 6.04. The smallest absolute Gasteiger partial charge is 0.274 e. The molecule has 1 aromatic heterocycles. The van der Waals surface area contributed by atoms with E-state index in [4.69, 9.17) is 0 Å². The van der Waals surface area contributed by atoms with Crippen LogP contribution in [0, 0.1) is 5.92 Å². The minimum Gasteiger partial charge on any atom is -0.356 e. The highest BCUT2D eigenvalue weighted by Gasteiger charge is 2.25. The van der Waals surface area contributed by atoms with E-state index in [1.807, 2.05) is 18.2 Å². The van der Waals surface area contributed by atoms with Crippen molar-refractivity contribution in [2.75, 3.05) is 23.3 Å². The Balaban J connectivity index is 1.53. The summed E-state index contributed by atoms with van der Waals surface area (Å²) in [5.41, 5.74) is 3.58. The fourth-order valence-corrected chi connectivity index (χ4v) is 3.41. The normalized spacial score (nSPS) is 15.0. The fraction of sp³-hybridized carbons (Fsp3) is 0.381. The van der Waals surface area contributed by atoms with Crippen molar-refractivity contribution in [3.8, 4) is 0 Å². The Bertz CT molecular complexity index is 842. The highest BCUT2D eigenvalue weighted by Crippen LogP contribution is 2.31. The molecule has 26 heavy (non-hydrogen) atoms. The second-order valence-corrected chi connectivity index (χ2v) is 7.09. The van der Waals surface area contributed by atoms with Crippen molar-refractivity contribution in [1.29, 1.82) is 0 Å². The number of nitrogens with one attached hydrogen (secondary N) is 1. The van der Waals surface area contributed by atoms with Crippen molar-refractivity contribution in [2.45, 2.75) is 32.6 Å². The molecule has 1 heterocycles. The Morgan fingerprint density at radius 3 is 3.00 bits per heavy atom. The SMILES string of the molecule is CCCN(CC1CC1)c1cc(C(=O)Nc2cccc3c2C=CC3)ncn1. The Hall–Kier alpha value is -2.69. The molecule has 0 bridgehead atoms. The van der Waals surface area contributed by atoms with E-state index in [-0.39, 0.29) is 5.91 Å². The number of carbonyl (C=O) groups is 1. The molecule has 2 aliphatic rings. The molecular formula is C21H24N4O. The standard InChI is InChI=1S/C21H24N4O/c1-2-11-25(13-15-9-10-15)20-12-19(22-14-23-20)21(26)24-18-8-4-6-16-5-3-7-17(16)18/h3-4,6-8,12,14-15H,2,5,9-11,13H2,1H3,(H,24,26). The van der Waals surface area contributed by atoms with Gasteiger partial charge in [-0.1, -0.05) is 31.2 Å². The van der Waals surface area contributed by atoms with Gasteiger partial charge in [-0.2, -0.15) is 0 Å². The van der Waals surface area contributed by atoms with E-state index in [2.05, 4.69) is 45.3 Å². The maximum absolute atomic E-state index is 12.7. The van der Waals surface area contributed by atoms with Gasteiger partial charge in [0.25, 0.3) is 5.91 Å². The van der Waals surface area contributed by atoms with Crippen molar-refractivity contribution in [1.82, 2.24) is 9.97 Å². The van der Waals surface area contributed by atoms with Gasteiger partial charge in [0.05, 0.1) is 0 Å². The van der Waals surface area contributed by atoms with E-state index in [0.717, 1.165) is 48.9 Å². The van der Waals surface area contributed by atoms with Crippen LogP contribution in [0.5, 0.6) is 0 Å².